The summed E-state index contributed by atoms with van der Waals surface area (Å²) in [7, 11) is -0.745. The molecule has 140 valence electrons. The number of amides is 1. The molecule has 1 aliphatic rings. The van der Waals surface area contributed by atoms with Gasteiger partial charge in [0, 0.05) is 31.7 Å². The van der Waals surface area contributed by atoms with Crippen LogP contribution < -0.4 is 15.4 Å². The third kappa shape index (κ3) is 4.71. The minimum Gasteiger partial charge on any atom is -0.492 e. The van der Waals surface area contributed by atoms with Crippen LogP contribution in [-0.2, 0) is 14.8 Å². The number of hydrogen-bond donors (Lipinski definition) is 2. The first kappa shape index (κ1) is 19.7. The van der Waals surface area contributed by atoms with Gasteiger partial charge < -0.3 is 15.4 Å². The maximum absolute atomic E-state index is 12.5. The van der Waals surface area contributed by atoms with Crippen molar-refractivity contribution in [1.82, 2.24) is 9.62 Å². The fraction of sp³-hybridized carbons (Fsp3) is 0.588. The van der Waals surface area contributed by atoms with Gasteiger partial charge in [0.2, 0.25) is 15.9 Å². The first-order valence-electron chi connectivity index (χ1n) is 8.49. The lowest BCUT2D eigenvalue weighted by Gasteiger charge is -2.27. The summed E-state index contributed by atoms with van der Waals surface area (Å²) >= 11 is 0. The number of carbonyl (C=O) groups excluding carboxylic acids is 1. The van der Waals surface area contributed by atoms with Crippen molar-refractivity contribution in [2.45, 2.75) is 37.6 Å². The van der Waals surface area contributed by atoms with Gasteiger partial charge in [-0.1, -0.05) is 0 Å². The van der Waals surface area contributed by atoms with E-state index in [1.165, 1.54) is 20.2 Å². The molecule has 2 atom stereocenters. The Balaban J connectivity index is 2.26. The van der Waals surface area contributed by atoms with Gasteiger partial charge in [0.25, 0.3) is 0 Å². The predicted molar refractivity (Wildman–Crippen MR) is 97.3 cm³/mol. The number of anilines is 1. The number of nitrogens with zero attached hydrogens (tertiary/aromatic N) is 1. The van der Waals surface area contributed by atoms with E-state index in [0.717, 1.165) is 23.7 Å². The lowest BCUT2D eigenvalue weighted by molar-refractivity contribution is -0.120. The molecule has 7 nitrogen and oxygen atoms in total. The number of ether oxygens (including phenoxy) is 1. The summed E-state index contributed by atoms with van der Waals surface area (Å²) in [5.41, 5.74) is 0.458. The van der Waals surface area contributed by atoms with E-state index in [1.54, 1.807) is 19.1 Å². The SMILES string of the molecule is CCOc1ccc(NC(=O)[C@H]2CCN[C@@H](C)C2)cc1S(=O)(=O)N(C)C. The Bertz CT molecular complexity index is 719. The molecule has 1 aromatic carbocycles. The predicted octanol–water partition coefficient (Wildman–Crippen LogP) is 1.66. The normalized spacial score (nSPS) is 21.2. The van der Waals surface area contributed by atoms with Gasteiger partial charge in [-0.25, -0.2) is 12.7 Å². The van der Waals surface area contributed by atoms with E-state index in [-0.39, 0.29) is 22.5 Å². The molecule has 0 aromatic heterocycles. The Kier molecular flexibility index (Phi) is 6.42. The van der Waals surface area contributed by atoms with Crippen molar-refractivity contribution in [3.05, 3.63) is 18.2 Å². The third-order valence-electron chi connectivity index (χ3n) is 4.26. The molecule has 1 amide bonds. The van der Waals surface area contributed by atoms with Crippen LogP contribution >= 0.6 is 0 Å². The molecule has 8 heteroatoms. The minimum atomic E-state index is -3.67. The van der Waals surface area contributed by atoms with Gasteiger partial charge in [-0.3, -0.25) is 4.79 Å². The van der Waals surface area contributed by atoms with Gasteiger partial charge in [0.15, 0.2) is 0 Å². The highest BCUT2D eigenvalue weighted by atomic mass is 32.2. The van der Waals surface area contributed by atoms with E-state index in [1.807, 2.05) is 0 Å². The molecule has 1 aliphatic heterocycles. The van der Waals surface area contributed by atoms with E-state index in [9.17, 15) is 13.2 Å². The second-order valence-electron chi connectivity index (χ2n) is 6.45. The molecule has 0 radical (unpaired) electrons. The monoisotopic (exact) mass is 369 g/mol. The zero-order valence-corrected chi connectivity index (χ0v) is 16.0. The van der Waals surface area contributed by atoms with Gasteiger partial charge in [0.05, 0.1) is 6.61 Å². The number of rotatable bonds is 6. The molecule has 2 rings (SSSR count). The second-order valence-corrected chi connectivity index (χ2v) is 8.57. The highest BCUT2D eigenvalue weighted by molar-refractivity contribution is 7.89. The smallest absolute Gasteiger partial charge is 0.246 e. The maximum Gasteiger partial charge on any atom is 0.246 e. The molecule has 0 spiro atoms. The standard InChI is InChI=1S/C17H27N3O4S/c1-5-24-15-7-6-14(11-16(15)25(22,23)20(3)4)19-17(21)13-8-9-18-12(2)10-13/h6-7,11-13,18H,5,8-10H2,1-4H3,(H,19,21)/t12-,13-/m0/s1. The summed E-state index contributed by atoms with van der Waals surface area (Å²) in [5, 5.41) is 6.16. The number of nitrogens with one attached hydrogen (secondary N) is 2. The van der Waals surface area contributed by atoms with Crippen LogP contribution in [0.1, 0.15) is 26.7 Å². The summed E-state index contributed by atoms with van der Waals surface area (Å²) in [4.78, 5) is 12.5. The fourth-order valence-electron chi connectivity index (χ4n) is 2.87. The third-order valence-corrected chi connectivity index (χ3v) is 6.10. The van der Waals surface area contributed by atoms with Crippen LogP contribution in [0.5, 0.6) is 5.75 Å². The lowest BCUT2D eigenvalue weighted by atomic mass is 9.92. The van der Waals surface area contributed by atoms with Crippen molar-refractivity contribution < 1.29 is 17.9 Å². The largest absolute Gasteiger partial charge is 0.492 e. The van der Waals surface area contributed by atoms with E-state index < -0.39 is 10.0 Å². The summed E-state index contributed by atoms with van der Waals surface area (Å²) in [6.07, 6.45) is 1.54. The quantitative estimate of drug-likeness (QED) is 0.796. The number of hydrogen-bond acceptors (Lipinski definition) is 5. The maximum atomic E-state index is 12.5. The zero-order valence-electron chi connectivity index (χ0n) is 15.2. The number of sulfonamides is 1. The number of benzene rings is 1. The Morgan fingerprint density at radius 3 is 2.72 bits per heavy atom. The minimum absolute atomic E-state index is 0.0517. The molecule has 0 unspecified atom stereocenters. The van der Waals surface area contributed by atoms with Crippen LogP contribution in [-0.4, -0.2) is 51.9 Å². The molecule has 1 heterocycles. The molecular weight excluding hydrogens is 342 g/mol. The van der Waals surface area contributed by atoms with E-state index in [0.29, 0.717) is 18.3 Å². The number of carbonyl (C=O) groups is 1. The van der Waals surface area contributed by atoms with Crippen LogP contribution in [0, 0.1) is 5.92 Å². The zero-order chi connectivity index (χ0) is 18.6. The lowest BCUT2D eigenvalue weighted by Crippen LogP contribution is -2.40. The Labute approximate surface area is 149 Å². The van der Waals surface area contributed by atoms with Gasteiger partial charge in [-0.2, -0.15) is 0 Å². The van der Waals surface area contributed by atoms with Crippen LogP contribution in [0.25, 0.3) is 0 Å². The molecule has 0 aliphatic carbocycles. The summed E-state index contributed by atoms with van der Waals surface area (Å²) in [6.45, 7) is 5.01. The Hall–Kier alpha value is -1.64. The molecular formula is C17H27N3O4S. The molecule has 25 heavy (non-hydrogen) atoms. The van der Waals surface area contributed by atoms with Crippen molar-refractivity contribution in [3.8, 4) is 5.75 Å². The highest BCUT2D eigenvalue weighted by Gasteiger charge is 2.26. The second kappa shape index (κ2) is 8.16. The van der Waals surface area contributed by atoms with Gasteiger partial charge in [-0.05, 0) is 51.4 Å². The van der Waals surface area contributed by atoms with Crippen LogP contribution in [0.15, 0.2) is 23.1 Å². The summed E-state index contributed by atoms with van der Waals surface area (Å²) in [6, 6.07) is 5.01. The van der Waals surface area contributed by atoms with E-state index in [2.05, 4.69) is 17.6 Å². The topological polar surface area (TPSA) is 87.7 Å². The first-order valence-corrected chi connectivity index (χ1v) is 9.93. The van der Waals surface area contributed by atoms with Crippen LogP contribution in [0.2, 0.25) is 0 Å². The average molecular weight is 369 g/mol. The van der Waals surface area contributed by atoms with Crippen molar-refractivity contribution in [2.24, 2.45) is 5.92 Å². The van der Waals surface area contributed by atoms with Crippen molar-refractivity contribution >= 4 is 21.6 Å². The highest BCUT2D eigenvalue weighted by Crippen LogP contribution is 2.30. The molecule has 1 aromatic rings. The summed E-state index contributed by atoms with van der Waals surface area (Å²) in [5.74, 6) is 0.132. The fourth-order valence-corrected chi connectivity index (χ4v) is 3.92. The van der Waals surface area contributed by atoms with E-state index >= 15 is 0 Å². The number of piperidine rings is 1. The molecule has 1 fully saturated rings. The van der Waals surface area contributed by atoms with Crippen molar-refractivity contribution in [1.29, 1.82) is 0 Å². The van der Waals surface area contributed by atoms with Gasteiger partial charge >= 0.3 is 0 Å². The molecule has 0 bridgehead atoms. The Morgan fingerprint density at radius 1 is 1.40 bits per heavy atom. The van der Waals surface area contributed by atoms with Gasteiger partial charge in [0.1, 0.15) is 10.6 Å². The van der Waals surface area contributed by atoms with Gasteiger partial charge in [-0.15, -0.1) is 0 Å². The van der Waals surface area contributed by atoms with Crippen LogP contribution in [0.4, 0.5) is 5.69 Å². The first-order chi connectivity index (χ1) is 11.8. The van der Waals surface area contributed by atoms with Crippen LogP contribution in [0.3, 0.4) is 0 Å². The molecule has 1 saturated heterocycles. The Morgan fingerprint density at radius 2 is 2.12 bits per heavy atom. The molecule has 0 saturated carbocycles. The average Bonchev–Trinajstić information content (AvgIpc) is 2.56. The van der Waals surface area contributed by atoms with E-state index in [4.69, 9.17) is 4.74 Å². The summed E-state index contributed by atoms with van der Waals surface area (Å²) < 4.78 is 31.6. The van der Waals surface area contributed by atoms with Crippen molar-refractivity contribution in [2.75, 3.05) is 32.6 Å². The van der Waals surface area contributed by atoms with Crippen molar-refractivity contribution in [3.63, 3.8) is 0 Å². The molecule has 2 N–H and O–H groups in total.